The largest absolute Gasteiger partial charge is 0.484 e. The van der Waals surface area contributed by atoms with Gasteiger partial charge >= 0.3 is 0 Å². The van der Waals surface area contributed by atoms with Crippen LogP contribution in [0.15, 0.2) is 29.3 Å². The third kappa shape index (κ3) is 8.88. The van der Waals surface area contributed by atoms with Crippen LogP contribution in [-0.4, -0.2) is 56.0 Å². The zero-order valence-corrected chi connectivity index (χ0v) is 19.5. The Labute approximate surface area is 189 Å². The highest BCUT2D eigenvalue weighted by molar-refractivity contribution is 14.0. The van der Waals surface area contributed by atoms with Crippen LogP contribution < -0.4 is 21.1 Å². The summed E-state index contributed by atoms with van der Waals surface area (Å²) in [5, 5.41) is 6.05. The first-order valence-corrected chi connectivity index (χ1v) is 9.75. The van der Waals surface area contributed by atoms with E-state index in [9.17, 15) is 9.59 Å². The summed E-state index contributed by atoms with van der Waals surface area (Å²) in [5.74, 6) is 1.52. The molecule has 0 saturated carbocycles. The monoisotopic (exact) mass is 517 g/mol. The van der Waals surface area contributed by atoms with E-state index in [1.807, 2.05) is 25.1 Å². The quantitative estimate of drug-likeness (QED) is 0.275. The fourth-order valence-corrected chi connectivity index (χ4v) is 3.19. The molecular formula is C20H32IN5O3. The molecule has 1 fully saturated rings. The molecule has 162 valence electrons. The molecule has 1 saturated heterocycles. The van der Waals surface area contributed by atoms with E-state index in [4.69, 9.17) is 15.5 Å². The highest BCUT2D eigenvalue weighted by Crippen LogP contribution is 2.21. The van der Waals surface area contributed by atoms with E-state index in [0.29, 0.717) is 24.6 Å². The molecular weight excluding hydrogens is 485 g/mol. The molecule has 0 unspecified atom stereocenters. The van der Waals surface area contributed by atoms with Gasteiger partial charge in [-0.05, 0) is 43.4 Å². The number of amides is 2. The van der Waals surface area contributed by atoms with Crippen molar-refractivity contribution in [2.24, 2.45) is 16.6 Å². The van der Waals surface area contributed by atoms with Gasteiger partial charge in [-0.3, -0.25) is 9.59 Å². The molecule has 1 aromatic rings. The smallest absolute Gasteiger partial charge is 0.255 e. The van der Waals surface area contributed by atoms with Crippen LogP contribution in [0.3, 0.4) is 0 Å². The van der Waals surface area contributed by atoms with Crippen LogP contribution in [0, 0.1) is 5.92 Å². The summed E-state index contributed by atoms with van der Waals surface area (Å²) in [7, 11) is 1.68. The first-order valence-electron chi connectivity index (χ1n) is 9.75. The Morgan fingerprint density at radius 3 is 2.66 bits per heavy atom. The van der Waals surface area contributed by atoms with Crippen molar-refractivity contribution in [3.05, 3.63) is 29.8 Å². The van der Waals surface area contributed by atoms with E-state index in [1.54, 1.807) is 13.1 Å². The summed E-state index contributed by atoms with van der Waals surface area (Å²) in [6, 6.07) is 7.50. The molecule has 0 atom stereocenters. The molecule has 0 spiro atoms. The number of aliphatic imine (C=N–C) groups is 1. The zero-order valence-electron chi connectivity index (χ0n) is 17.1. The molecule has 29 heavy (non-hydrogen) atoms. The summed E-state index contributed by atoms with van der Waals surface area (Å²) in [6.45, 7) is 4.98. The number of primary amides is 1. The third-order valence-corrected chi connectivity index (χ3v) is 4.69. The molecule has 0 radical (unpaired) electrons. The van der Waals surface area contributed by atoms with Crippen LogP contribution in [-0.2, 0) is 16.1 Å². The van der Waals surface area contributed by atoms with Crippen LogP contribution >= 0.6 is 24.0 Å². The van der Waals surface area contributed by atoms with Crippen molar-refractivity contribution in [1.29, 1.82) is 0 Å². The van der Waals surface area contributed by atoms with E-state index in [-0.39, 0.29) is 36.5 Å². The number of likely N-dealkylation sites (tertiary alicyclic amines) is 1. The van der Waals surface area contributed by atoms with Gasteiger partial charge in [0.2, 0.25) is 5.91 Å². The normalized spacial score (nSPS) is 14.7. The Hall–Kier alpha value is -2.04. The number of carbonyl (C=O) groups excluding carboxylic acids is 2. The molecule has 1 aromatic carbocycles. The number of hydrogen-bond acceptors (Lipinski definition) is 4. The molecule has 1 aliphatic heterocycles. The molecule has 2 rings (SSSR count). The van der Waals surface area contributed by atoms with Gasteiger partial charge in [-0.1, -0.05) is 12.1 Å². The lowest BCUT2D eigenvalue weighted by Crippen LogP contribution is -2.46. The highest BCUT2D eigenvalue weighted by Gasteiger charge is 2.23. The predicted molar refractivity (Wildman–Crippen MR) is 124 cm³/mol. The molecule has 8 nitrogen and oxygen atoms in total. The van der Waals surface area contributed by atoms with Crippen molar-refractivity contribution < 1.29 is 14.3 Å². The van der Waals surface area contributed by atoms with Crippen molar-refractivity contribution >= 4 is 41.8 Å². The topological polar surface area (TPSA) is 109 Å². The number of nitrogens with zero attached hydrogens (tertiary/aromatic N) is 2. The fourth-order valence-electron chi connectivity index (χ4n) is 3.19. The van der Waals surface area contributed by atoms with Crippen LogP contribution in [0.25, 0.3) is 0 Å². The van der Waals surface area contributed by atoms with E-state index in [1.165, 1.54) is 0 Å². The van der Waals surface area contributed by atoms with Crippen molar-refractivity contribution in [3.63, 3.8) is 0 Å². The molecule has 1 aliphatic rings. The van der Waals surface area contributed by atoms with Crippen molar-refractivity contribution in [2.75, 3.05) is 33.3 Å². The number of guanidine groups is 1. The Morgan fingerprint density at radius 1 is 1.31 bits per heavy atom. The molecule has 0 aliphatic carbocycles. The number of nitrogens with two attached hydrogens (primary N) is 1. The van der Waals surface area contributed by atoms with Gasteiger partial charge in [-0.25, -0.2) is 4.99 Å². The van der Waals surface area contributed by atoms with Crippen molar-refractivity contribution in [3.8, 4) is 5.75 Å². The van der Waals surface area contributed by atoms with E-state index in [0.717, 1.165) is 44.0 Å². The number of ether oxygens (including phenoxy) is 1. The van der Waals surface area contributed by atoms with Crippen LogP contribution in [0.2, 0.25) is 0 Å². The fraction of sp³-hybridized carbons (Fsp3) is 0.550. The second-order valence-electron chi connectivity index (χ2n) is 6.88. The zero-order chi connectivity index (χ0) is 20.4. The number of benzene rings is 1. The SMILES string of the molecule is CCNC(=NCc1cccc(OCC(N)=O)c1)N1CCC(CC(=O)NC)CC1.I. The first kappa shape index (κ1) is 25.0. The minimum atomic E-state index is -0.502. The number of nitrogens with one attached hydrogen (secondary N) is 2. The maximum atomic E-state index is 11.6. The minimum absolute atomic E-state index is 0. The summed E-state index contributed by atoms with van der Waals surface area (Å²) in [6.07, 6.45) is 2.55. The molecule has 0 bridgehead atoms. The number of carbonyl (C=O) groups is 2. The Bertz CT molecular complexity index is 690. The molecule has 0 aromatic heterocycles. The molecule has 1 heterocycles. The van der Waals surface area contributed by atoms with Gasteiger partial charge in [0.15, 0.2) is 12.6 Å². The molecule has 2 amide bonds. The lowest BCUT2D eigenvalue weighted by atomic mass is 9.93. The van der Waals surface area contributed by atoms with Crippen molar-refractivity contribution in [1.82, 2.24) is 15.5 Å². The van der Waals surface area contributed by atoms with Gasteiger partial charge in [-0.2, -0.15) is 0 Å². The second kappa shape index (κ2) is 13.2. The van der Waals surface area contributed by atoms with Crippen molar-refractivity contribution in [2.45, 2.75) is 32.7 Å². The Kier molecular flexibility index (Phi) is 11.4. The summed E-state index contributed by atoms with van der Waals surface area (Å²) >= 11 is 0. The number of piperidine rings is 1. The number of halogens is 1. The average molecular weight is 517 g/mol. The van der Waals surface area contributed by atoms with E-state index in [2.05, 4.69) is 15.5 Å². The van der Waals surface area contributed by atoms with E-state index < -0.39 is 5.91 Å². The minimum Gasteiger partial charge on any atom is -0.484 e. The summed E-state index contributed by atoms with van der Waals surface area (Å²) < 4.78 is 5.35. The maximum Gasteiger partial charge on any atom is 0.255 e. The lowest BCUT2D eigenvalue weighted by molar-refractivity contribution is -0.122. The Morgan fingerprint density at radius 2 is 2.03 bits per heavy atom. The first-order chi connectivity index (χ1) is 13.5. The maximum absolute atomic E-state index is 11.6. The third-order valence-electron chi connectivity index (χ3n) is 4.69. The van der Waals surface area contributed by atoms with Gasteiger partial charge in [0, 0.05) is 33.1 Å². The van der Waals surface area contributed by atoms with Gasteiger partial charge in [0.05, 0.1) is 6.54 Å². The highest BCUT2D eigenvalue weighted by atomic mass is 127. The van der Waals surface area contributed by atoms with Crippen LogP contribution in [0.5, 0.6) is 5.75 Å². The van der Waals surface area contributed by atoms with E-state index >= 15 is 0 Å². The van der Waals surface area contributed by atoms with Gasteiger partial charge in [0.1, 0.15) is 5.75 Å². The summed E-state index contributed by atoms with van der Waals surface area (Å²) in [4.78, 5) is 29.4. The second-order valence-corrected chi connectivity index (χ2v) is 6.88. The lowest BCUT2D eigenvalue weighted by Gasteiger charge is -2.34. The van der Waals surface area contributed by atoms with Gasteiger partial charge < -0.3 is 26.0 Å². The standard InChI is InChI=1S/C20H31N5O3.HI/c1-3-23-20(25-9-7-15(8-10-25)12-19(27)22-2)24-13-16-5-4-6-17(11-16)28-14-18(21)26;/h4-6,11,15H,3,7-10,12-14H2,1-2H3,(H2,21,26)(H,22,27)(H,23,24);1H. The van der Waals surface area contributed by atoms with Gasteiger partial charge in [0.25, 0.3) is 5.91 Å². The summed E-state index contributed by atoms with van der Waals surface area (Å²) in [5.41, 5.74) is 6.11. The number of hydrogen-bond donors (Lipinski definition) is 3. The van der Waals surface area contributed by atoms with Gasteiger partial charge in [-0.15, -0.1) is 24.0 Å². The van der Waals surface area contributed by atoms with Crippen LogP contribution in [0.1, 0.15) is 31.7 Å². The predicted octanol–water partition coefficient (Wildman–Crippen LogP) is 1.48. The molecule has 4 N–H and O–H groups in total. The number of rotatable bonds is 8. The average Bonchev–Trinajstić information content (AvgIpc) is 2.70. The Balaban J connectivity index is 0.00000420. The molecule has 9 heteroatoms. The van der Waals surface area contributed by atoms with Crippen LogP contribution in [0.4, 0.5) is 0 Å².